The van der Waals surface area contributed by atoms with Crippen molar-refractivity contribution in [2.45, 2.75) is 12.3 Å². The molecular weight excluding hydrogens is 374 g/mol. The molecule has 2 heterocycles. The fourth-order valence-corrected chi connectivity index (χ4v) is 3.55. The van der Waals surface area contributed by atoms with Crippen LogP contribution < -0.4 is 9.64 Å². The number of ether oxygens (including phenoxy) is 4. The van der Waals surface area contributed by atoms with Crippen LogP contribution in [0.5, 0.6) is 5.75 Å². The molecule has 1 fully saturated rings. The molecule has 7 nitrogen and oxygen atoms in total. The number of carbonyl (C=O) groups is 2. The highest BCUT2D eigenvalue weighted by atomic mass is 16.7. The van der Waals surface area contributed by atoms with Gasteiger partial charge in [-0.15, -0.1) is 0 Å². The van der Waals surface area contributed by atoms with Gasteiger partial charge in [0.2, 0.25) is 0 Å². The molecule has 1 saturated heterocycles. The second-order valence-corrected chi connectivity index (χ2v) is 6.69. The molecule has 0 N–H and O–H groups in total. The molecule has 2 aliphatic heterocycles. The molecule has 2 aromatic rings. The van der Waals surface area contributed by atoms with Crippen molar-refractivity contribution in [2.24, 2.45) is 0 Å². The summed E-state index contributed by atoms with van der Waals surface area (Å²) in [6.07, 6.45) is 2.96. The van der Waals surface area contributed by atoms with Crippen LogP contribution in [-0.4, -0.2) is 39.3 Å². The maximum absolute atomic E-state index is 13.3. The molecule has 0 radical (unpaired) electrons. The Morgan fingerprint density at radius 2 is 1.86 bits per heavy atom. The van der Waals surface area contributed by atoms with Crippen LogP contribution >= 0.6 is 0 Å². The molecule has 1 amide bonds. The van der Waals surface area contributed by atoms with Crippen molar-refractivity contribution < 1.29 is 28.5 Å². The minimum absolute atomic E-state index is 0.255. The highest BCUT2D eigenvalue weighted by Crippen LogP contribution is 2.46. The number of benzene rings is 2. The average Bonchev–Trinajstić information content (AvgIpc) is 3.33. The van der Waals surface area contributed by atoms with E-state index in [1.807, 2.05) is 42.5 Å². The zero-order chi connectivity index (χ0) is 20.4. The van der Waals surface area contributed by atoms with Gasteiger partial charge in [0.1, 0.15) is 5.75 Å². The predicted octanol–water partition coefficient (Wildman–Crippen LogP) is 2.63. The molecular formula is C22H21NO6. The Morgan fingerprint density at radius 1 is 1.14 bits per heavy atom. The van der Waals surface area contributed by atoms with Gasteiger partial charge in [0, 0.05) is 11.6 Å². The van der Waals surface area contributed by atoms with Crippen LogP contribution in [0.3, 0.4) is 0 Å². The van der Waals surface area contributed by atoms with Crippen molar-refractivity contribution in [3.63, 3.8) is 0 Å². The van der Waals surface area contributed by atoms with E-state index in [-0.39, 0.29) is 5.91 Å². The number of hydrogen-bond donors (Lipinski definition) is 0. The van der Waals surface area contributed by atoms with Gasteiger partial charge in [-0.25, -0.2) is 4.79 Å². The van der Waals surface area contributed by atoms with Crippen molar-refractivity contribution >= 4 is 23.6 Å². The highest BCUT2D eigenvalue weighted by molar-refractivity contribution is 6.06. The lowest BCUT2D eigenvalue weighted by Crippen LogP contribution is -2.40. The van der Waals surface area contributed by atoms with E-state index in [0.717, 1.165) is 22.6 Å². The maximum atomic E-state index is 13.3. The van der Waals surface area contributed by atoms with Gasteiger partial charge in [-0.1, -0.05) is 18.2 Å². The number of nitrogens with zero attached hydrogens (tertiary/aromatic N) is 1. The minimum atomic E-state index is -1.43. The third-order valence-corrected chi connectivity index (χ3v) is 5.00. The topological polar surface area (TPSA) is 74.3 Å². The average molecular weight is 395 g/mol. The van der Waals surface area contributed by atoms with Gasteiger partial charge in [0.25, 0.3) is 11.7 Å². The molecule has 0 atom stereocenters. The summed E-state index contributed by atoms with van der Waals surface area (Å²) in [4.78, 5) is 26.4. The summed E-state index contributed by atoms with van der Waals surface area (Å²) in [7, 11) is 2.93. The number of rotatable bonds is 5. The van der Waals surface area contributed by atoms with Crippen LogP contribution in [-0.2, 0) is 36.1 Å². The third-order valence-electron chi connectivity index (χ3n) is 5.00. The predicted molar refractivity (Wildman–Crippen MR) is 105 cm³/mol. The van der Waals surface area contributed by atoms with Crippen molar-refractivity contribution in [2.75, 3.05) is 32.3 Å². The Bertz CT molecular complexity index is 960. The van der Waals surface area contributed by atoms with E-state index in [4.69, 9.17) is 14.2 Å². The second kappa shape index (κ2) is 7.69. The molecule has 150 valence electrons. The summed E-state index contributed by atoms with van der Waals surface area (Å²) in [5.41, 5.74) is 3.06. The first-order valence-electron chi connectivity index (χ1n) is 9.21. The summed E-state index contributed by atoms with van der Waals surface area (Å²) in [6.45, 7) is 1.05. The molecule has 0 aliphatic carbocycles. The van der Waals surface area contributed by atoms with E-state index < -0.39 is 11.8 Å². The smallest absolute Gasteiger partial charge is 0.330 e. The number of methoxy groups -OCH3 is 2. The van der Waals surface area contributed by atoms with Gasteiger partial charge >= 0.3 is 5.97 Å². The van der Waals surface area contributed by atoms with Gasteiger partial charge in [-0.2, -0.15) is 0 Å². The monoisotopic (exact) mass is 395 g/mol. The molecule has 7 heteroatoms. The van der Waals surface area contributed by atoms with E-state index in [1.165, 1.54) is 13.2 Å². The standard InChI is InChI=1S/C22H21NO6/c1-26-17-7-3-16(4-8-17)14-23-19-9-5-15(6-10-20(24)27-2)13-18(19)22(21(23)25)28-11-12-29-22/h3-10,13H,11-12,14H2,1-2H3/b10-6+. The molecule has 0 bridgehead atoms. The number of anilines is 1. The summed E-state index contributed by atoms with van der Waals surface area (Å²) < 4.78 is 21.4. The maximum Gasteiger partial charge on any atom is 0.330 e. The van der Waals surface area contributed by atoms with Crippen molar-refractivity contribution in [1.82, 2.24) is 0 Å². The van der Waals surface area contributed by atoms with Gasteiger partial charge in [-0.05, 0) is 41.5 Å². The molecule has 1 spiro atoms. The number of amides is 1. The fraction of sp³-hybridized carbons (Fsp3) is 0.273. The van der Waals surface area contributed by atoms with Crippen molar-refractivity contribution in [3.8, 4) is 5.75 Å². The van der Waals surface area contributed by atoms with Crippen LogP contribution in [0.15, 0.2) is 48.5 Å². The lowest BCUT2D eigenvalue weighted by molar-refractivity contribution is -0.180. The van der Waals surface area contributed by atoms with Crippen LogP contribution in [0.1, 0.15) is 16.7 Å². The summed E-state index contributed by atoms with van der Waals surface area (Å²) >= 11 is 0. The summed E-state index contributed by atoms with van der Waals surface area (Å²) in [6, 6.07) is 13.0. The van der Waals surface area contributed by atoms with Gasteiger partial charge in [0.05, 0.1) is 39.7 Å². The first kappa shape index (κ1) is 19.2. The largest absolute Gasteiger partial charge is 0.497 e. The third kappa shape index (κ3) is 3.39. The number of hydrogen-bond acceptors (Lipinski definition) is 6. The molecule has 4 rings (SSSR count). The van der Waals surface area contributed by atoms with Crippen LogP contribution in [0.2, 0.25) is 0 Å². The van der Waals surface area contributed by atoms with Gasteiger partial charge in [0.15, 0.2) is 0 Å². The van der Waals surface area contributed by atoms with Crippen molar-refractivity contribution in [3.05, 3.63) is 65.2 Å². The normalized spacial score (nSPS) is 17.2. The molecule has 2 aromatic carbocycles. The lowest BCUT2D eigenvalue weighted by atomic mass is 10.0. The SMILES string of the molecule is COC(=O)/C=C/c1ccc2c(c1)C1(OCCO1)C(=O)N2Cc1ccc(OC)cc1. The van der Waals surface area contributed by atoms with Crippen LogP contribution in [0.25, 0.3) is 6.08 Å². The van der Waals surface area contributed by atoms with Gasteiger partial charge < -0.3 is 23.8 Å². The van der Waals surface area contributed by atoms with Crippen LogP contribution in [0.4, 0.5) is 5.69 Å². The van der Waals surface area contributed by atoms with Crippen molar-refractivity contribution in [1.29, 1.82) is 0 Å². The summed E-state index contributed by atoms with van der Waals surface area (Å²) in [5, 5.41) is 0. The molecule has 29 heavy (non-hydrogen) atoms. The number of carbonyl (C=O) groups excluding carboxylic acids is 2. The Morgan fingerprint density at radius 3 is 2.52 bits per heavy atom. The molecule has 0 aromatic heterocycles. The highest BCUT2D eigenvalue weighted by Gasteiger charge is 2.56. The summed E-state index contributed by atoms with van der Waals surface area (Å²) in [5.74, 6) is -1.39. The zero-order valence-corrected chi connectivity index (χ0v) is 16.2. The Labute approximate surface area is 168 Å². The van der Waals surface area contributed by atoms with Gasteiger partial charge in [-0.3, -0.25) is 4.79 Å². The second-order valence-electron chi connectivity index (χ2n) is 6.69. The number of fused-ring (bicyclic) bond motifs is 2. The Balaban J connectivity index is 1.69. The number of esters is 1. The quantitative estimate of drug-likeness (QED) is 0.572. The zero-order valence-electron chi connectivity index (χ0n) is 16.2. The molecule has 0 unspecified atom stereocenters. The van der Waals surface area contributed by atoms with E-state index >= 15 is 0 Å². The molecule has 0 saturated carbocycles. The van der Waals surface area contributed by atoms with E-state index in [9.17, 15) is 9.59 Å². The Hall–Kier alpha value is -3.16. The fourth-order valence-electron chi connectivity index (χ4n) is 3.55. The van der Waals surface area contributed by atoms with E-state index in [1.54, 1.807) is 18.1 Å². The van der Waals surface area contributed by atoms with E-state index in [2.05, 4.69) is 4.74 Å². The first-order valence-corrected chi connectivity index (χ1v) is 9.21. The lowest BCUT2D eigenvalue weighted by Gasteiger charge is -2.22. The van der Waals surface area contributed by atoms with Crippen LogP contribution in [0, 0.1) is 0 Å². The minimum Gasteiger partial charge on any atom is -0.497 e. The molecule has 2 aliphatic rings. The Kier molecular flexibility index (Phi) is 5.08. The first-order chi connectivity index (χ1) is 14.1. The van der Waals surface area contributed by atoms with E-state index in [0.29, 0.717) is 25.3 Å².